The zero-order chi connectivity index (χ0) is 17.3. The van der Waals surface area contributed by atoms with E-state index in [1.165, 1.54) is 6.92 Å². The molecule has 22 heavy (non-hydrogen) atoms. The minimum Gasteiger partial charge on any atom is -0.457 e. The summed E-state index contributed by atoms with van der Waals surface area (Å²) >= 11 is 0. The summed E-state index contributed by atoms with van der Waals surface area (Å²) in [5, 5.41) is 29.7. The third-order valence-corrected chi connectivity index (χ3v) is 8.88. The van der Waals surface area contributed by atoms with E-state index in [1.54, 1.807) is 0 Å². The van der Waals surface area contributed by atoms with Gasteiger partial charge in [-0.3, -0.25) is 4.79 Å². The van der Waals surface area contributed by atoms with E-state index in [0.717, 1.165) is 0 Å². The fourth-order valence-electron chi connectivity index (χ4n) is 1.89. The number of rotatable bonds is 4. The fraction of sp³-hybridized carbons (Fsp3) is 0.929. The summed E-state index contributed by atoms with van der Waals surface area (Å²) in [6.07, 6.45) is -6.43. The van der Waals surface area contributed by atoms with E-state index < -0.39 is 45.0 Å². The molecule has 1 rings (SSSR count). The Kier molecular flexibility index (Phi) is 6.16. The Morgan fingerprint density at radius 1 is 1.18 bits per heavy atom. The number of hydrogen-bond acceptors (Lipinski definition) is 7. The summed E-state index contributed by atoms with van der Waals surface area (Å²) in [7, 11) is -2.05. The van der Waals surface area contributed by atoms with Gasteiger partial charge in [0.2, 0.25) is 0 Å². The Hall–Kier alpha value is -0.513. The van der Waals surface area contributed by atoms with E-state index >= 15 is 0 Å². The maximum absolute atomic E-state index is 11.1. The van der Waals surface area contributed by atoms with Crippen LogP contribution >= 0.6 is 0 Å². The highest BCUT2D eigenvalue weighted by molar-refractivity contribution is 6.74. The van der Waals surface area contributed by atoms with E-state index in [1.807, 2.05) is 0 Å². The Morgan fingerprint density at radius 3 is 2.18 bits per heavy atom. The van der Waals surface area contributed by atoms with Crippen LogP contribution in [-0.2, 0) is 18.7 Å². The van der Waals surface area contributed by atoms with Crippen LogP contribution in [0.4, 0.5) is 0 Å². The lowest BCUT2D eigenvalue weighted by Crippen LogP contribution is -2.60. The maximum atomic E-state index is 11.1. The van der Waals surface area contributed by atoms with Gasteiger partial charge >= 0.3 is 5.97 Å². The van der Waals surface area contributed by atoms with Gasteiger partial charge in [0, 0.05) is 6.92 Å². The topological polar surface area (TPSA) is 105 Å². The summed E-state index contributed by atoms with van der Waals surface area (Å²) in [6.45, 7) is 11.6. The van der Waals surface area contributed by atoms with Crippen molar-refractivity contribution < 1.29 is 34.0 Å². The molecule has 0 unspecified atom stereocenters. The maximum Gasteiger partial charge on any atom is 0.303 e. The zero-order valence-corrected chi connectivity index (χ0v) is 15.1. The molecule has 0 saturated carbocycles. The molecule has 0 aliphatic carbocycles. The van der Waals surface area contributed by atoms with Gasteiger partial charge in [0.05, 0.1) is 6.61 Å². The number of esters is 1. The second-order valence-electron chi connectivity index (χ2n) is 7.19. The van der Waals surface area contributed by atoms with Crippen LogP contribution in [-0.4, -0.2) is 66.9 Å². The molecule has 0 radical (unpaired) electrons. The van der Waals surface area contributed by atoms with E-state index in [2.05, 4.69) is 33.9 Å². The number of hydrogen-bond donors (Lipinski definition) is 3. The van der Waals surface area contributed by atoms with Crippen molar-refractivity contribution in [3.8, 4) is 0 Å². The molecule has 1 aliphatic rings. The van der Waals surface area contributed by atoms with Crippen LogP contribution in [0.1, 0.15) is 27.7 Å². The molecule has 130 valence electrons. The predicted molar refractivity (Wildman–Crippen MR) is 81.6 cm³/mol. The standard InChI is InChI=1S/C14H28O7Si/c1-8(15)20-12-10(16)9(21-13(18)11(12)17)7-19-22(5,6)14(2,3)4/h9-13,16-18H,7H2,1-6H3/t9-,10+,11-,12+,13+/m1/s1. The van der Waals surface area contributed by atoms with E-state index in [4.69, 9.17) is 13.9 Å². The lowest BCUT2D eigenvalue weighted by Gasteiger charge is -2.42. The van der Waals surface area contributed by atoms with Crippen molar-refractivity contribution in [3.63, 3.8) is 0 Å². The molecular formula is C14H28O7Si. The molecule has 0 bridgehead atoms. The molecule has 0 amide bonds. The van der Waals surface area contributed by atoms with Crippen LogP contribution in [0.2, 0.25) is 18.1 Å². The molecular weight excluding hydrogens is 308 g/mol. The van der Waals surface area contributed by atoms with Crippen LogP contribution in [0.15, 0.2) is 0 Å². The summed E-state index contributed by atoms with van der Waals surface area (Å²) in [4.78, 5) is 11.1. The highest BCUT2D eigenvalue weighted by Gasteiger charge is 2.47. The Balaban J connectivity index is 2.76. The second kappa shape index (κ2) is 6.94. The molecule has 1 fully saturated rings. The number of aliphatic hydroxyl groups is 3. The molecule has 1 heterocycles. The van der Waals surface area contributed by atoms with Crippen LogP contribution in [0, 0.1) is 0 Å². The van der Waals surface area contributed by atoms with E-state index in [0.29, 0.717) is 0 Å². The van der Waals surface area contributed by atoms with Crippen molar-refractivity contribution in [2.45, 2.75) is 76.5 Å². The second-order valence-corrected chi connectivity index (χ2v) is 12.0. The van der Waals surface area contributed by atoms with Gasteiger partial charge in [-0.05, 0) is 18.1 Å². The van der Waals surface area contributed by atoms with Crippen molar-refractivity contribution in [3.05, 3.63) is 0 Å². The zero-order valence-electron chi connectivity index (χ0n) is 14.1. The van der Waals surface area contributed by atoms with Crippen molar-refractivity contribution in [1.29, 1.82) is 0 Å². The summed E-state index contributed by atoms with van der Waals surface area (Å²) < 4.78 is 16.0. The highest BCUT2D eigenvalue weighted by Crippen LogP contribution is 2.37. The average molecular weight is 336 g/mol. The molecule has 8 heteroatoms. The Bertz CT molecular complexity index is 393. The summed E-state index contributed by atoms with van der Waals surface area (Å²) in [5.74, 6) is -0.652. The van der Waals surface area contributed by atoms with Crippen LogP contribution in [0.5, 0.6) is 0 Å². The molecule has 0 aromatic carbocycles. The first-order valence-electron chi connectivity index (χ1n) is 7.37. The summed E-state index contributed by atoms with van der Waals surface area (Å²) in [6, 6.07) is 0. The first kappa shape index (κ1) is 19.5. The molecule has 0 spiro atoms. The normalized spacial score (nSPS) is 33.6. The van der Waals surface area contributed by atoms with Gasteiger partial charge in [-0.1, -0.05) is 20.8 Å². The third-order valence-electron chi connectivity index (χ3n) is 4.38. The molecule has 0 aromatic rings. The molecule has 7 nitrogen and oxygen atoms in total. The summed E-state index contributed by atoms with van der Waals surface area (Å²) in [5.41, 5.74) is 0. The van der Waals surface area contributed by atoms with Crippen molar-refractivity contribution >= 4 is 14.3 Å². The van der Waals surface area contributed by atoms with E-state index in [-0.39, 0.29) is 11.6 Å². The number of carbonyl (C=O) groups excluding carboxylic acids is 1. The Labute approximate surface area is 132 Å². The molecule has 0 aromatic heterocycles. The first-order valence-corrected chi connectivity index (χ1v) is 10.3. The van der Waals surface area contributed by atoms with Gasteiger partial charge < -0.3 is 29.2 Å². The predicted octanol–water partition coefficient (Wildman–Crippen LogP) is 0.379. The first-order chi connectivity index (χ1) is 9.86. The molecule has 1 saturated heterocycles. The van der Waals surface area contributed by atoms with Crippen molar-refractivity contribution in [2.24, 2.45) is 0 Å². The van der Waals surface area contributed by atoms with Gasteiger partial charge in [0.15, 0.2) is 20.7 Å². The largest absolute Gasteiger partial charge is 0.457 e. The lowest BCUT2D eigenvalue weighted by atomic mass is 9.99. The fourth-order valence-corrected chi connectivity index (χ4v) is 2.91. The number of carbonyl (C=O) groups is 1. The molecule has 1 aliphatic heterocycles. The highest BCUT2D eigenvalue weighted by atomic mass is 28.4. The van der Waals surface area contributed by atoms with Crippen LogP contribution in [0.3, 0.4) is 0 Å². The monoisotopic (exact) mass is 336 g/mol. The SMILES string of the molecule is CC(=O)O[C@@H]1[C@@H](O)[C@@H](O)O[C@H](CO[Si](C)(C)C(C)(C)C)[C@@H]1O. The number of ether oxygens (including phenoxy) is 2. The van der Waals surface area contributed by atoms with Gasteiger partial charge in [0.1, 0.15) is 18.3 Å². The molecule has 3 N–H and O–H groups in total. The van der Waals surface area contributed by atoms with Gasteiger partial charge in [-0.2, -0.15) is 0 Å². The Morgan fingerprint density at radius 2 is 1.73 bits per heavy atom. The third kappa shape index (κ3) is 4.50. The molecule has 5 atom stereocenters. The van der Waals surface area contributed by atoms with Crippen LogP contribution < -0.4 is 0 Å². The van der Waals surface area contributed by atoms with Crippen molar-refractivity contribution in [1.82, 2.24) is 0 Å². The quantitative estimate of drug-likeness (QED) is 0.503. The van der Waals surface area contributed by atoms with E-state index in [9.17, 15) is 20.1 Å². The van der Waals surface area contributed by atoms with Gasteiger partial charge in [-0.15, -0.1) is 0 Å². The lowest BCUT2D eigenvalue weighted by molar-refractivity contribution is -0.288. The smallest absolute Gasteiger partial charge is 0.303 e. The minimum absolute atomic E-state index is 0.0139. The number of aliphatic hydroxyl groups excluding tert-OH is 3. The minimum atomic E-state index is -2.05. The van der Waals surface area contributed by atoms with Crippen LogP contribution in [0.25, 0.3) is 0 Å². The van der Waals surface area contributed by atoms with Gasteiger partial charge in [-0.25, -0.2) is 0 Å². The average Bonchev–Trinajstić information content (AvgIpc) is 2.35. The van der Waals surface area contributed by atoms with Crippen molar-refractivity contribution in [2.75, 3.05) is 6.61 Å². The van der Waals surface area contributed by atoms with Gasteiger partial charge in [0.25, 0.3) is 0 Å².